The normalized spacial score (nSPS) is 21.7. The molecule has 2 aliphatic heterocycles. The zero-order valence-electron chi connectivity index (χ0n) is 12.9. The van der Waals surface area contributed by atoms with Gasteiger partial charge in [-0.1, -0.05) is 18.2 Å². The third-order valence-electron chi connectivity index (χ3n) is 4.74. The maximum absolute atomic E-state index is 12.2. The Bertz CT molecular complexity index is 692. The van der Waals surface area contributed by atoms with Gasteiger partial charge in [-0.05, 0) is 24.5 Å². The van der Waals surface area contributed by atoms with Crippen molar-refractivity contribution < 1.29 is 13.2 Å². The lowest BCUT2D eigenvalue weighted by Gasteiger charge is -2.44. The molecule has 6 nitrogen and oxygen atoms in total. The summed E-state index contributed by atoms with van der Waals surface area (Å²) in [6, 6.07) is 7.84. The predicted molar refractivity (Wildman–Crippen MR) is 84.8 cm³/mol. The van der Waals surface area contributed by atoms with Crippen molar-refractivity contribution in [3.63, 3.8) is 0 Å². The first kappa shape index (κ1) is 15.5. The standard InChI is InChI=1S/C15H21N3O3S/c1-17(2)22(20,21)18-9-7-15(8-10-18)11-14(19)16-13-6-4-3-5-12(13)15/h3-6H,7-11H2,1-2H3,(H,16,19). The van der Waals surface area contributed by atoms with E-state index in [1.54, 1.807) is 14.1 Å². The van der Waals surface area contributed by atoms with E-state index in [1.807, 2.05) is 24.3 Å². The number of hydrogen-bond acceptors (Lipinski definition) is 3. The third kappa shape index (κ3) is 2.43. The molecule has 1 aromatic carbocycles. The molecular weight excluding hydrogens is 302 g/mol. The van der Waals surface area contributed by atoms with Crippen LogP contribution in [0, 0.1) is 0 Å². The van der Waals surface area contributed by atoms with E-state index in [1.165, 1.54) is 8.61 Å². The molecule has 3 rings (SSSR count). The van der Waals surface area contributed by atoms with Crippen LogP contribution in [0.5, 0.6) is 0 Å². The van der Waals surface area contributed by atoms with Crippen LogP contribution >= 0.6 is 0 Å². The molecule has 1 N–H and O–H groups in total. The molecule has 1 amide bonds. The van der Waals surface area contributed by atoms with E-state index in [0.717, 1.165) is 11.3 Å². The van der Waals surface area contributed by atoms with Crippen molar-refractivity contribution >= 4 is 21.8 Å². The van der Waals surface area contributed by atoms with Crippen LogP contribution < -0.4 is 5.32 Å². The van der Waals surface area contributed by atoms with Crippen LogP contribution in [0.2, 0.25) is 0 Å². The second-order valence-corrected chi connectivity index (χ2v) is 8.38. The number of carbonyl (C=O) groups excluding carboxylic acids is 1. The molecule has 2 aliphatic rings. The van der Waals surface area contributed by atoms with E-state index < -0.39 is 10.2 Å². The first-order valence-corrected chi connectivity index (χ1v) is 8.82. The van der Waals surface area contributed by atoms with Gasteiger partial charge in [0.1, 0.15) is 0 Å². The van der Waals surface area contributed by atoms with E-state index >= 15 is 0 Å². The molecule has 1 spiro atoms. The average Bonchev–Trinajstić information content (AvgIpc) is 2.47. The zero-order valence-corrected chi connectivity index (χ0v) is 13.7. The lowest BCUT2D eigenvalue weighted by Crippen LogP contribution is -2.50. The average molecular weight is 323 g/mol. The van der Waals surface area contributed by atoms with E-state index in [9.17, 15) is 13.2 Å². The Morgan fingerprint density at radius 1 is 1.18 bits per heavy atom. The Kier molecular flexibility index (Phi) is 3.74. The van der Waals surface area contributed by atoms with Gasteiger partial charge < -0.3 is 5.32 Å². The number of piperidine rings is 1. The van der Waals surface area contributed by atoms with E-state index in [-0.39, 0.29) is 11.3 Å². The fraction of sp³-hybridized carbons (Fsp3) is 0.533. The highest BCUT2D eigenvalue weighted by Gasteiger charge is 2.44. The van der Waals surface area contributed by atoms with Gasteiger partial charge in [-0.25, -0.2) is 0 Å². The van der Waals surface area contributed by atoms with Crippen LogP contribution in [0.4, 0.5) is 5.69 Å². The minimum atomic E-state index is -3.38. The lowest BCUT2D eigenvalue weighted by molar-refractivity contribution is -0.118. The molecule has 7 heteroatoms. The third-order valence-corrected chi connectivity index (χ3v) is 6.68. The SMILES string of the molecule is CN(C)S(=O)(=O)N1CCC2(CC1)CC(=O)Nc1ccccc12. The number of hydrogen-bond donors (Lipinski definition) is 1. The number of nitrogens with one attached hydrogen (secondary N) is 1. The van der Waals surface area contributed by atoms with Gasteiger partial charge in [-0.2, -0.15) is 17.0 Å². The summed E-state index contributed by atoms with van der Waals surface area (Å²) in [5.74, 6) is 0.0163. The number of para-hydroxylation sites is 1. The zero-order chi connectivity index (χ0) is 16.0. The molecule has 1 aromatic rings. The minimum Gasteiger partial charge on any atom is -0.326 e. The summed E-state index contributed by atoms with van der Waals surface area (Å²) in [6.45, 7) is 0.893. The second kappa shape index (κ2) is 5.33. The molecule has 2 heterocycles. The van der Waals surface area contributed by atoms with Gasteiger partial charge in [0, 0.05) is 44.7 Å². The van der Waals surface area contributed by atoms with Crippen molar-refractivity contribution in [2.24, 2.45) is 0 Å². The lowest BCUT2D eigenvalue weighted by atomic mass is 9.68. The van der Waals surface area contributed by atoms with Crippen LogP contribution in [0.15, 0.2) is 24.3 Å². The predicted octanol–water partition coefficient (Wildman–Crippen LogP) is 1.17. The Morgan fingerprint density at radius 3 is 2.45 bits per heavy atom. The van der Waals surface area contributed by atoms with Gasteiger partial charge >= 0.3 is 0 Å². The second-order valence-electron chi connectivity index (χ2n) is 6.24. The van der Waals surface area contributed by atoms with E-state index in [0.29, 0.717) is 32.4 Å². The van der Waals surface area contributed by atoms with Gasteiger partial charge in [-0.3, -0.25) is 4.79 Å². The van der Waals surface area contributed by atoms with Crippen LogP contribution in [0.25, 0.3) is 0 Å². The van der Waals surface area contributed by atoms with Crippen molar-refractivity contribution in [2.45, 2.75) is 24.7 Å². The number of anilines is 1. The summed E-state index contributed by atoms with van der Waals surface area (Å²) in [7, 11) is -0.291. The molecule has 1 saturated heterocycles. The van der Waals surface area contributed by atoms with Gasteiger partial charge in [0.2, 0.25) is 5.91 Å². The Labute approximate surface area is 131 Å². The highest BCUT2D eigenvalue weighted by Crippen LogP contribution is 2.45. The number of rotatable bonds is 2. The highest BCUT2D eigenvalue weighted by molar-refractivity contribution is 7.86. The molecule has 0 aromatic heterocycles. The first-order chi connectivity index (χ1) is 10.3. The molecule has 22 heavy (non-hydrogen) atoms. The summed E-state index contributed by atoms with van der Waals surface area (Å²) >= 11 is 0. The molecule has 0 bridgehead atoms. The van der Waals surface area contributed by atoms with Crippen LogP contribution in [-0.4, -0.2) is 50.1 Å². The molecule has 0 unspecified atom stereocenters. The molecule has 0 aliphatic carbocycles. The molecule has 0 saturated carbocycles. The quantitative estimate of drug-likeness (QED) is 0.888. The number of amides is 1. The van der Waals surface area contributed by atoms with Crippen molar-refractivity contribution in [2.75, 3.05) is 32.5 Å². The Morgan fingerprint density at radius 2 is 1.82 bits per heavy atom. The van der Waals surface area contributed by atoms with Crippen LogP contribution in [-0.2, 0) is 20.4 Å². The fourth-order valence-electron chi connectivity index (χ4n) is 3.47. The van der Waals surface area contributed by atoms with Crippen molar-refractivity contribution in [1.29, 1.82) is 0 Å². The number of carbonyl (C=O) groups is 1. The summed E-state index contributed by atoms with van der Waals surface area (Å²) in [4.78, 5) is 12.0. The monoisotopic (exact) mass is 323 g/mol. The molecule has 120 valence electrons. The van der Waals surface area contributed by atoms with E-state index in [4.69, 9.17) is 0 Å². The number of benzene rings is 1. The molecular formula is C15H21N3O3S. The summed E-state index contributed by atoms with van der Waals surface area (Å²) < 4.78 is 27.2. The summed E-state index contributed by atoms with van der Waals surface area (Å²) in [5.41, 5.74) is 1.76. The summed E-state index contributed by atoms with van der Waals surface area (Å²) in [5, 5.41) is 2.91. The Hall–Kier alpha value is -1.44. The van der Waals surface area contributed by atoms with Gasteiger partial charge in [0.15, 0.2) is 0 Å². The topological polar surface area (TPSA) is 69.7 Å². The fourth-order valence-corrected chi connectivity index (χ4v) is 4.58. The van der Waals surface area contributed by atoms with Crippen molar-refractivity contribution in [3.05, 3.63) is 29.8 Å². The largest absolute Gasteiger partial charge is 0.326 e. The molecule has 0 atom stereocenters. The van der Waals surface area contributed by atoms with Gasteiger partial charge in [0.05, 0.1) is 0 Å². The van der Waals surface area contributed by atoms with Gasteiger partial charge in [0.25, 0.3) is 10.2 Å². The van der Waals surface area contributed by atoms with Gasteiger partial charge in [-0.15, -0.1) is 0 Å². The van der Waals surface area contributed by atoms with E-state index in [2.05, 4.69) is 5.32 Å². The number of fused-ring (bicyclic) bond motifs is 2. The maximum atomic E-state index is 12.2. The number of nitrogens with zero attached hydrogens (tertiary/aromatic N) is 2. The highest BCUT2D eigenvalue weighted by atomic mass is 32.2. The maximum Gasteiger partial charge on any atom is 0.281 e. The first-order valence-electron chi connectivity index (χ1n) is 7.42. The molecule has 0 radical (unpaired) electrons. The summed E-state index contributed by atoms with van der Waals surface area (Å²) in [6.07, 6.45) is 1.77. The van der Waals surface area contributed by atoms with Crippen LogP contribution in [0.3, 0.4) is 0 Å². The van der Waals surface area contributed by atoms with Crippen LogP contribution in [0.1, 0.15) is 24.8 Å². The van der Waals surface area contributed by atoms with Crippen molar-refractivity contribution in [1.82, 2.24) is 8.61 Å². The molecule has 1 fully saturated rings. The van der Waals surface area contributed by atoms with Crippen molar-refractivity contribution in [3.8, 4) is 0 Å². The minimum absolute atomic E-state index is 0.0163. The smallest absolute Gasteiger partial charge is 0.281 e. The Balaban J connectivity index is 1.88.